The Morgan fingerprint density at radius 3 is 2.82 bits per heavy atom. The molecular weight excluding hydrogens is 276 g/mol. The molecule has 2 aromatic rings. The van der Waals surface area contributed by atoms with Crippen molar-refractivity contribution in [3.8, 4) is 0 Å². The standard InChI is InChI=1S/C17H22N4O/c1-17(9-2-3-10-18-17)16(22)20-15-7-5-14(6-8-15)13-21-12-4-11-19-21/h4-8,11-12,18H,2-3,9-10,13H2,1H3,(H,20,22). The van der Waals surface area contributed by atoms with Gasteiger partial charge >= 0.3 is 0 Å². The smallest absolute Gasteiger partial charge is 0.244 e. The molecule has 5 nitrogen and oxygen atoms in total. The molecule has 2 N–H and O–H groups in total. The monoisotopic (exact) mass is 298 g/mol. The van der Waals surface area contributed by atoms with E-state index in [1.54, 1.807) is 6.20 Å². The third-order valence-electron chi connectivity index (χ3n) is 4.24. The Kier molecular flexibility index (Phi) is 4.24. The number of anilines is 1. The molecule has 22 heavy (non-hydrogen) atoms. The molecule has 116 valence electrons. The van der Waals surface area contributed by atoms with Gasteiger partial charge < -0.3 is 10.6 Å². The molecule has 1 saturated heterocycles. The molecule has 0 spiro atoms. The molecule has 1 amide bonds. The molecule has 1 aromatic heterocycles. The number of hydrogen-bond donors (Lipinski definition) is 2. The largest absolute Gasteiger partial charge is 0.324 e. The number of nitrogens with one attached hydrogen (secondary N) is 2. The first-order valence-electron chi connectivity index (χ1n) is 7.79. The predicted molar refractivity (Wildman–Crippen MR) is 86.7 cm³/mol. The molecule has 1 aliphatic rings. The molecule has 0 bridgehead atoms. The lowest BCUT2D eigenvalue weighted by molar-refractivity contribution is -0.122. The van der Waals surface area contributed by atoms with Gasteiger partial charge in [0.25, 0.3) is 0 Å². The summed E-state index contributed by atoms with van der Waals surface area (Å²) in [6, 6.07) is 9.85. The zero-order valence-corrected chi connectivity index (χ0v) is 12.9. The molecule has 3 rings (SSSR count). The van der Waals surface area contributed by atoms with Crippen LogP contribution in [0.2, 0.25) is 0 Å². The van der Waals surface area contributed by atoms with Gasteiger partial charge in [-0.1, -0.05) is 12.1 Å². The molecule has 1 unspecified atom stereocenters. The number of nitrogens with zero attached hydrogens (tertiary/aromatic N) is 2. The van der Waals surface area contributed by atoms with Crippen molar-refractivity contribution in [2.75, 3.05) is 11.9 Å². The molecule has 1 atom stereocenters. The van der Waals surface area contributed by atoms with E-state index in [1.165, 1.54) is 0 Å². The van der Waals surface area contributed by atoms with E-state index in [2.05, 4.69) is 15.7 Å². The van der Waals surface area contributed by atoms with Crippen LogP contribution in [0.5, 0.6) is 0 Å². The van der Waals surface area contributed by atoms with Gasteiger partial charge in [-0.2, -0.15) is 5.10 Å². The molecule has 0 aliphatic carbocycles. The fourth-order valence-corrected chi connectivity index (χ4v) is 2.79. The molecule has 1 fully saturated rings. The first kappa shape index (κ1) is 14.8. The quantitative estimate of drug-likeness (QED) is 0.911. The van der Waals surface area contributed by atoms with E-state index in [-0.39, 0.29) is 5.91 Å². The summed E-state index contributed by atoms with van der Waals surface area (Å²) in [5.41, 5.74) is 1.54. The second-order valence-electron chi connectivity index (χ2n) is 6.07. The van der Waals surface area contributed by atoms with E-state index >= 15 is 0 Å². The van der Waals surface area contributed by atoms with E-state index in [0.717, 1.165) is 43.6 Å². The number of hydrogen-bond acceptors (Lipinski definition) is 3. The molecule has 1 aliphatic heterocycles. The lowest BCUT2D eigenvalue weighted by atomic mass is 9.90. The molecule has 0 radical (unpaired) electrons. The number of carbonyl (C=O) groups is 1. The second-order valence-corrected chi connectivity index (χ2v) is 6.07. The highest BCUT2D eigenvalue weighted by molar-refractivity contribution is 5.97. The lowest BCUT2D eigenvalue weighted by Gasteiger charge is -2.33. The van der Waals surface area contributed by atoms with Crippen LogP contribution in [0.4, 0.5) is 5.69 Å². The van der Waals surface area contributed by atoms with Crippen LogP contribution in [-0.2, 0) is 11.3 Å². The summed E-state index contributed by atoms with van der Waals surface area (Å²) in [5.74, 6) is 0.0482. The number of aromatic nitrogens is 2. The zero-order valence-electron chi connectivity index (χ0n) is 12.9. The summed E-state index contributed by atoms with van der Waals surface area (Å²) in [6.07, 6.45) is 6.83. The van der Waals surface area contributed by atoms with Crippen molar-refractivity contribution in [1.82, 2.24) is 15.1 Å². The van der Waals surface area contributed by atoms with Gasteiger partial charge in [0.2, 0.25) is 5.91 Å². The summed E-state index contributed by atoms with van der Waals surface area (Å²) >= 11 is 0. The molecule has 1 aromatic carbocycles. The van der Waals surface area contributed by atoms with Crippen molar-refractivity contribution in [2.45, 2.75) is 38.3 Å². The summed E-state index contributed by atoms with van der Waals surface area (Å²) in [6.45, 7) is 3.63. The van der Waals surface area contributed by atoms with Crippen molar-refractivity contribution in [2.24, 2.45) is 0 Å². The lowest BCUT2D eigenvalue weighted by Crippen LogP contribution is -2.54. The summed E-state index contributed by atoms with van der Waals surface area (Å²) < 4.78 is 1.88. The van der Waals surface area contributed by atoms with Gasteiger partial charge in [0.05, 0.1) is 12.1 Å². The van der Waals surface area contributed by atoms with Gasteiger partial charge in [-0.15, -0.1) is 0 Å². The van der Waals surface area contributed by atoms with E-state index in [9.17, 15) is 4.79 Å². The first-order chi connectivity index (χ1) is 10.7. The summed E-state index contributed by atoms with van der Waals surface area (Å²) in [7, 11) is 0. The Hall–Kier alpha value is -2.14. The molecule has 2 heterocycles. The third-order valence-corrected chi connectivity index (χ3v) is 4.24. The Labute approximate surface area is 130 Å². The Balaban J connectivity index is 1.62. The highest BCUT2D eigenvalue weighted by Crippen LogP contribution is 2.21. The van der Waals surface area contributed by atoms with Crippen LogP contribution in [0.25, 0.3) is 0 Å². The highest BCUT2D eigenvalue weighted by Gasteiger charge is 2.34. The van der Waals surface area contributed by atoms with Crippen LogP contribution in [0, 0.1) is 0 Å². The second kappa shape index (κ2) is 6.32. The van der Waals surface area contributed by atoms with Crippen molar-refractivity contribution in [3.63, 3.8) is 0 Å². The fourth-order valence-electron chi connectivity index (χ4n) is 2.79. The van der Waals surface area contributed by atoms with Crippen LogP contribution in [0.3, 0.4) is 0 Å². The van der Waals surface area contributed by atoms with E-state index in [0.29, 0.717) is 0 Å². The normalized spacial score (nSPS) is 21.5. The fraction of sp³-hybridized carbons (Fsp3) is 0.412. The van der Waals surface area contributed by atoms with Crippen LogP contribution in [0.15, 0.2) is 42.7 Å². The van der Waals surface area contributed by atoms with Crippen LogP contribution >= 0.6 is 0 Å². The number of carbonyl (C=O) groups excluding carboxylic acids is 1. The van der Waals surface area contributed by atoms with Gasteiger partial charge in [0.1, 0.15) is 0 Å². The van der Waals surface area contributed by atoms with Crippen LogP contribution in [0.1, 0.15) is 31.7 Å². The predicted octanol–water partition coefficient (Wildman–Crippen LogP) is 2.40. The number of piperidine rings is 1. The minimum atomic E-state index is -0.452. The average molecular weight is 298 g/mol. The SMILES string of the molecule is CC1(C(=O)Nc2ccc(Cn3cccn3)cc2)CCCCN1. The first-order valence-corrected chi connectivity index (χ1v) is 7.79. The molecule has 5 heteroatoms. The van der Waals surface area contributed by atoms with Crippen LogP contribution in [-0.4, -0.2) is 27.8 Å². The number of amides is 1. The van der Waals surface area contributed by atoms with Gasteiger partial charge in [-0.3, -0.25) is 9.48 Å². The van der Waals surface area contributed by atoms with Crippen molar-refractivity contribution in [1.29, 1.82) is 0 Å². The maximum Gasteiger partial charge on any atom is 0.244 e. The Morgan fingerprint density at radius 1 is 1.36 bits per heavy atom. The van der Waals surface area contributed by atoms with Gasteiger partial charge in [0, 0.05) is 18.1 Å². The van der Waals surface area contributed by atoms with E-state index < -0.39 is 5.54 Å². The minimum absolute atomic E-state index is 0.0482. The maximum absolute atomic E-state index is 12.4. The molecule has 0 saturated carbocycles. The Morgan fingerprint density at radius 2 is 2.18 bits per heavy atom. The number of benzene rings is 1. The van der Waals surface area contributed by atoms with Crippen molar-refractivity contribution >= 4 is 11.6 Å². The van der Waals surface area contributed by atoms with Crippen molar-refractivity contribution < 1.29 is 4.79 Å². The molecular formula is C17H22N4O. The Bertz CT molecular complexity index is 613. The third kappa shape index (κ3) is 3.36. The van der Waals surface area contributed by atoms with E-state index in [1.807, 2.05) is 48.1 Å². The van der Waals surface area contributed by atoms with Gasteiger partial charge in [0.15, 0.2) is 0 Å². The zero-order chi connectivity index (χ0) is 15.4. The topological polar surface area (TPSA) is 59.0 Å². The minimum Gasteiger partial charge on any atom is -0.324 e. The summed E-state index contributed by atoms with van der Waals surface area (Å²) in [4.78, 5) is 12.4. The van der Waals surface area contributed by atoms with Crippen molar-refractivity contribution in [3.05, 3.63) is 48.3 Å². The maximum atomic E-state index is 12.4. The highest BCUT2D eigenvalue weighted by atomic mass is 16.2. The van der Waals surface area contributed by atoms with Gasteiger partial charge in [-0.25, -0.2) is 0 Å². The summed E-state index contributed by atoms with van der Waals surface area (Å²) in [5, 5.41) is 10.5. The van der Waals surface area contributed by atoms with E-state index in [4.69, 9.17) is 0 Å². The number of rotatable bonds is 4. The van der Waals surface area contributed by atoms with Gasteiger partial charge in [-0.05, 0) is 56.5 Å². The average Bonchev–Trinajstić information content (AvgIpc) is 3.03. The van der Waals surface area contributed by atoms with Crippen LogP contribution < -0.4 is 10.6 Å².